The molecule has 2 saturated carbocycles. The number of halogens is 1. The summed E-state index contributed by atoms with van der Waals surface area (Å²) >= 11 is 6.36. The van der Waals surface area contributed by atoms with Crippen LogP contribution < -0.4 is 10.6 Å². The largest absolute Gasteiger partial charge is 0.385 e. The van der Waals surface area contributed by atoms with Gasteiger partial charge < -0.3 is 20.6 Å². The van der Waals surface area contributed by atoms with Gasteiger partial charge in [-0.25, -0.2) is 4.79 Å². The minimum atomic E-state index is -0.958. The third kappa shape index (κ3) is 7.85. The van der Waals surface area contributed by atoms with Crippen molar-refractivity contribution in [1.82, 2.24) is 15.5 Å². The number of benzene rings is 1. The Kier molecular flexibility index (Phi) is 10.4. The normalized spacial score (nSPS) is 23.8. The maximum atomic E-state index is 13.4. The third-order valence-electron chi connectivity index (χ3n) is 8.95. The van der Waals surface area contributed by atoms with E-state index in [9.17, 15) is 9.90 Å². The molecular weight excluding hydrogens is 470 g/mol. The molecule has 1 aliphatic heterocycles. The molecule has 0 radical (unpaired) electrons. The third-order valence-corrected chi connectivity index (χ3v) is 9.18. The fourth-order valence-corrected chi connectivity index (χ4v) is 6.85. The number of carbonyl (C=O) groups is 1. The summed E-state index contributed by atoms with van der Waals surface area (Å²) in [5.74, 6) is 1.64. The summed E-state index contributed by atoms with van der Waals surface area (Å²) in [7, 11) is 1.96. The fraction of sp³-hybridized carbons (Fsp3) is 0.767. The molecule has 5 nitrogen and oxygen atoms in total. The topological polar surface area (TPSA) is 64.6 Å². The van der Waals surface area contributed by atoms with Gasteiger partial charge in [0.1, 0.15) is 0 Å². The molecule has 1 aromatic carbocycles. The molecule has 3 fully saturated rings. The molecule has 6 heteroatoms. The number of unbranched alkanes of at least 4 members (excludes halogenated alkanes) is 1. The Labute approximate surface area is 223 Å². The number of likely N-dealkylation sites (tertiary alicyclic amines) is 1. The molecular formula is C30H48ClN3O2. The van der Waals surface area contributed by atoms with E-state index in [0.29, 0.717) is 11.6 Å². The Bertz CT molecular complexity index is 826. The lowest BCUT2D eigenvalue weighted by molar-refractivity contribution is -0.0558. The molecule has 0 spiro atoms. The summed E-state index contributed by atoms with van der Waals surface area (Å²) in [6.45, 7) is 2.14. The van der Waals surface area contributed by atoms with Crippen LogP contribution >= 0.6 is 11.6 Å². The van der Waals surface area contributed by atoms with E-state index in [2.05, 4.69) is 10.6 Å². The number of nitrogens with one attached hydrogen (secondary N) is 2. The van der Waals surface area contributed by atoms with E-state index < -0.39 is 5.60 Å². The van der Waals surface area contributed by atoms with Crippen LogP contribution in [0.4, 0.5) is 4.79 Å². The molecule has 1 aromatic rings. The van der Waals surface area contributed by atoms with Crippen LogP contribution in [0.5, 0.6) is 0 Å². The quantitative estimate of drug-likeness (QED) is 0.278. The summed E-state index contributed by atoms with van der Waals surface area (Å²) in [6.07, 6.45) is 16.4. The molecule has 3 N–H and O–H groups in total. The Morgan fingerprint density at radius 3 is 2.64 bits per heavy atom. The number of hydrogen-bond acceptors (Lipinski definition) is 3. The van der Waals surface area contributed by atoms with Gasteiger partial charge in [-0.05, 0) is 62.3 Å². The molecule has 2 amide bonds. The van der Waals surface area contributed by atoms with Gasteiger partial charge in [0.25, 0.3) is 0 Å². The lowest BCUT2D eigenvalue weighted by Gasteiger charge is -2.43. The first-order valence-electron chi connectivity index (χ1n) is 14.7. The summed E-state index contributed by atoms with van der Waals surface area (Å²) in [5, 5.41) is 19.5. The van der Waals surface area contributed by atoms with Gasteiger partial charge in [-0.3, -0.25) is 0 Å². The molecule has 4 rings (SSSR count). The monoisotopic (exact) mass is 517 g/mol. The van der Waals surface area contributed by atoms with E-state index in [-0.39, 0.29) is 18.0 Å². The lowest BCUT2D eigenvalue weighted by Crippen LogP contribution is -2.54. The van der Waals surface area contributed by atoms with Crippen molar-refractivity contribution < 1.29 is 9.90 Å². The zero-order chi connectivity index (χ0) is 25.4. The molecule has 0 unspecified atom stereocenters. The first-order chi connectivity index (χ1) is 17.5. The van der Waals surface area contributed by atoms with Crippen molar-refractivity contribution in [2.45, 2.75) is 102 Å². The van der Waals surface area contributed by atoms with Gasteiger partial charge in [0.05, 0.1) is 5.60 Å². The van der Waals surface area contributed by atoms with E-state index in [1.54, 1.807) is 0 Å². The van der Waals surface area contributed by atoms with Crippen molar-refractivity contribution in [3.63, 3.8) is 0 Å². The van der Waals surface area contributed by atoms with Crippen LogP contribution in [0.1, 0.15) is 95.5 Å². The molecule has 0 bridgehead atoms. The summed E-state index contributed by atoms with van der Waals surface area (Å²) in [4.78, 5) is 15.4. The number of urea groups is 1. The number of nitrogens with zero attached hydrogens (tertiary/aromatic N) is 1. The average molecular weight is 518 g/mol. The molecule has 3 atom stereocenters. The maximum absolute atomic E-state index is 13.4. The first kappa shape index (κ1) is 27.7. The summed E-state index contributed by atoms with van der Waals surface area (Å²) < 4.78 is 0. The second kappa shape index (κ2) is 13.5. The van der Waals surface area contributed by atoms with E-state index in [1.807, 2.05) is 36.2 Å². The molecule has 2 aliphatic carbocycles. The van der Waals surface area contributed by atoms with Gasteiger partial charge in [0, 0.05) is 36.6 Å². The van der Waals surface area contributed by atoms with Crippen LogP contribution in [0.3, 0.4) is 0 Å². The average Bonchev–Trinajstić information content (AvgIpc) is 3.72. The second-order valence-corrected chi connectivity index (χ2v) is 12.3. The van der Waals surface area contributed by atoms with Gasteiger partial charge in [-0.15, -0.1) is 0 Å². The molecule has 1 saturated heterocycles. The van der Waals surface area contributed by atoms with Crippen molar-refractivity contribution >= 4 is 17.6 Å². The molecule has 0 aromatic heterocycles. The zero-order valence-corrected chi connectivity index (χ0v) is 23.1. The number of aliphatic hydroxyl groups is 1. The van der Waals surface area contributed by atoms with Crippen LogP contribution in [0.2, 0.25) is 5.02 Å². The first-order valence-corrected chi connectivity index (χ1v) is 15.0. The summed E-state index contributed by atoms with van der Waals surface area (Å²) in [5.41, 5.74) is -0.0566. The molecule has 36 heavy (non-hydrogen) atoms. The molecule has 1 heterocycles. The van der Waals surface area contributed by atoms with Crippen molar-refractivity contribution in [1.29, 1.82) is 0 Å². The highest BCUT2D eigenvalue weighted by Gasteiger charge is 2.41. The Morgan fingerprint density at radius 2 is 1.92 bits per heavy atom. The van der Waals surface area contributed by atoms with E-state index in [0.717, 1.165) is 69.0 Å². The van der Waals surface area contributed by atoms with Crippen LogP contribution in [0.15, 0.2) is 24.3 Å². The maximum Gasteiger partial charge on any atom is 0.317 e. The standard InChI is InChI=1S/C30H48ClN3O2/c1-32-21-28(19-24-10-3-2-4-11-24)33-29(35)34-18-8-13-26(22-34)30(36,17-6-5-9-23-15-16-23)25-12-7-14-27(31)20-25/h7,12,14,20,23-24,26,28,32,36H,2-6,8-11,13,15-19,21-22H2,1H3,(H,33,35)/t26-,28+,30-/m1/s1. The van der Waals surface area contributed by atoms with E-state index >= 15 is 0 Å². The van der Waals surface area contributed by atoms with Crippen molar-refractivity contribution in [3.05, 3.63) is 34.9 Å². The molecule has 3 aliphatic rings. The van der Waals surface area contributed by atoms with Crippen LogP contribution in [-0.2, 0) is 5.60 Å². The van der Waals surface area contributed by atoms with Gasteiger partial charge in [0.15, 0.2) is 0 Å². The number of piperidine rings is 1. The van der Waals surface area contributed by atoms with Crippen LogP contribution in [0, 0.1) is 17.8 Å². The number of amides is 2. The highest BCUT2D eigenvalue weighted by Crippen LogP contribution is 2.41. The minimum Gasteiger partial charge on any atom is -0.385 e. The second-order valence-electron chi connectivity index (χ2n) is 11.9. The SMILES string of the molecule is CNC[C@H](CC1CCCCC1)NC(=O)N1CCC[C@@H]([C@@](O)(CCCCC2CC2)c2cccc(Cl)c2)C1. The van der Waals surface area contributed by atoms with Crippen molar-refractivity contribution in [2.24, 2.45) is 17.8 Å². The number of carbonyl (C=O) groups excluding carboxylic acids is 1. The van der Waals surface area contributed by atoms with E-state index in [1.165, 1.54) is 51.4 Å². The lowest BCUT2D eigenvalue weighted by atomic mass is 9.74. The number of rotatable bonds is 12. The van der Waals surface area contributed by atoms with Crippen molar-refractivity contribution in [2.75, 3.05) is 26.7 Å². The van der Waals surface area contributed by atoms with Crippen LogP contribution in [0.25, 0.3) is 0 Å². The fourth-order valence-electron chi connectivity index (χ4n) is 6.66. The predicted octanol–water partition coefficient (Wildman–Crippen LogP) is 6.48. The van der Waals surface area contributed by atoms with Gasteiger partial charge in [0.2, 0.25) is 0 Å². The zero-order valence-electron chi connectivity index (χ0n) is 22.3. The Balaban J connectivity index is 1.40. The summed E-state index contributed by atoms with van der Waals surface area (Å²) in [6, 6.07) is 7.92. The van der Waals surface area contributed by atoms with Gasteiger partial charge in [-0.2, -0.15) is 0 Å². The van der Waals surface area contributed by atoms with Crippen LogP contribution in [-0.4, -0.2) is 48.8 Å². The van der Waals surface area contributed by atoms with Gasteiger partial charge in [-0.1, -0.05) is 87.9 Å². The smallest absolute Gasteiger partial charge is 0.317 e. The van der Waals surface area contributed by atoms with Crippen molar-refractivity contribution in [3.8, 4) is 0 Å². The highest BCUT2D eigenvalue weighted by molar-refractivity contribution is 6.30. The van der Waals surface area contributed by atoms with Gasteiger partial charge >= 0.3 is 6.03 Å². The van der Waals surface area contributed by atoms with E-state index in [4.69, 9.17) is 11.6 Å². The number of hydrogen-bond donors (Lipinski definition) is 3. The number of likely N-dealkylation sites (N-methyl/N-ethyl adjacent to an activating group) is 1. The predicted molar refractivity (Wildman–Crippen MR) is 148 cm³/mol. The minimum absolute atomic E-state index is 0.0116. The molecule has 202 valence electrons. The Hall–Kier alpha value is -1.30. The Morgan fingerprint density at radius 1 is 1.11 bits per heavy atom. The highest BCUT2D eigenvalue weighted by atomic mass is 35.5.